The zero-order valence-corrected chi connectivity index (χ0v) is 5.22. The van der Waals surface area contributed by atoms with Crippen LogP contribution in [0.25, 0.3) is 0 Å². The Morgan fingerprint density at radius 2 is 2.25 bits per heavy atom. The van der Waals surface area contributed by atoms with E-state index >= 15 is 0 Å². The van der Waals surface area contributed by atoms with Gasteiger partial charge in [-0.2, -0.15) is 0 Å². The van der Waals surface area contributed by atoms with Crippen molar-refractivity contribution in [2.75, 3.05) is 7.05 Å². The number of rotatable bonds is 2. The molecule has 0 atom stereocenters. The summed E-state index contributed by atoms with van der Waals surface area (Å²) in [6.45, 7) is 5.31. The van der Waals surface area contributed by atoms with E-state index < -0.39 is 0 Å². The second kappa shape index (κ2) is 3.27. The molecule has 0 radical (unpaired) electrons. The number of hydrogen-bond donors (Lipinski definition) is 0. The first kappa shape index (κ1) is 7.24. The van der Waals surface area contributed by atoms with Crippen molar-refractivity contribution in [3.05, 3.63) is 29.6 Å². The standard InChI is InChI=1S/C6H10NO/c1-4-5-6(2)7(3)8/h4-5H,2H2,1,3H3/q-1/b5-4-. The number of hydrogen-bond acceptors (Lipinski definition) is 2. The fourth-order valence-corrected chi connectivity index (χ4v) is 0.297. The molecule has 0 saturated carbocycles. The minimum Gasteiger partial charge on any atom is -0.758 e. The predicted molar refractivity (Wildman–Crippen MR) is 35.1 cm³/mol. The molecular weight excluding hydrogens is 102 g/mol. The maximum atomic E-state index is 10.3. The Labute approximate surface area is 49.7 Å². The van der Waals surface area contributed by atoms with Crippen molar-refractivity contribution >= 4 is 0 Å². The van der Waals surface area contributed by atoms with Gasteiger partial charge in [0.1, 0.15) is 0 Å². The van der Waals surface area contributed by atoms with Gasteiger partial charge in [-0.05, 0) is 20.0 Å². The van der Waals surface area contributed by atoms with Gasteiger partial charge in [-0.3, -0.25) is 0 Å². The Bertz CT molecular complexity index is 105. The summed E-state index contributed by atoms with van der Waals surface area (Å²) in [6.07, 6.45) is 3.43. The summed E-state index contributed by atoms with van der Waals surface area (Å²) in [5, 5.41) is 11.0. The van der Waals surface area contributed by atoms with Crippen molar-refractivity contribution in [2.45, 2.75) is 6.92 Å². The van der Waals surface area contributed by atoms with Crippen LogP contribution in [0, 0.1) is 5.21 Å². The lowest BCUT2D eigenvalue weighted by atomic mass is 10.4. The molecule has 0 saturated heterocycles. The summed E-state index contributed by atoms with van der Waals surface area (Å²) in [6, 6.07) is 0. The highest BCUT2D eigenvalue weighted by Crippen LogP contribution is 1.95. The van der Waals surface area contributed by atoms with Crippen LogP contribution in [0.3, 0.4) is 0 Å². The molecule has 0 rings (SSSR count). The van der Waals surface area contributed by atoms with Crippen molar-refractivity contribution < 1.29 is 0 Å². The highest BCUT2D eigenvalue weighted by molar-refractivity contribution is 5.11. The lowest BCUT2D eigenvalue weighted by molar-refractivity contribution is 0.595. The molecule has 8 heavy (non-hydrogen) atoms. The van der Waals surface area contributed by atoms with Crippen LogP contribution in [0.2, 0.25) is 0 Å². The number of allylic oxidation sites excluding steroid dienone is 2. The Balaban J connectivity index is 3.66. The van der Waals surface area contributed by atoms with Gasteiger partial charge in [0.2, 0.25) is 0 Å². The van der Waals surface area contributed by atoms with Crippen LogP contribution >= 0.6 is 0 Å². The van der Waals surface area contributed by atoms with E-state index in [1.165, 1.54) is 7.05 Å². The summed E-state index contributed by atoms with van der Waals surface area (Å²) in [5.74, 6) is 0. The molecular formula is C6H10NO-. The normalized spacial score (nSPS) is 9.88. The SMILES string of the molecule is C=C(/C=C\C)N(C)[O-]. The molecule has 0 N–H and O–H groups in total. The van der Waals surface area contributed by atoms with E-state index in [1.54, 1.807) is 12.2 Å². The van der Waals surface area contributed by atoms with Crippen molar-refractivity contribution in [3.63, 3.8) is 0 Å². The number of nitrogens with zero attached hydrogens (tertiary/aromatic N) is 1. The second-order valence-electron chi connectivity index (χ2n) is 1.49. The summed E-state index contributed by atoms with van der Waals surface area (Å²) in [4.78, 5) is 0. The minimum absolute atomic E-state index is 0.479. The summed E-state index contributed by atoms with van der Waals surface area (Å²) >= 11 is 0. The maximum absolute atomic E-state index is 10.3. The van der Waals surface area contributed by atoms with Gasteiger partial charge in [0.25, 0.3) is 0 Å². The van der Waals surface area contributed by atoms with Gasteiger partial charge in [-0.25, -0.2) is 0 Å². The van der Waals surface area contributed by atoms with Crippen molar-refractivity contribution in [1.82, 2.24) is 5.06 Å². The largest absolute Gasteiger partial charge is 0.758 e. The topological polar surface area (TPSA) is 26.3 Å². The molecule has 2 heteroatoms. The third-order valence-corrected chi connectivity index (χ3v) is 0.764. The fourth-order valence-electron chi connectivity index (χ4n) is 0.297. The van der Waals surface area contributed by atoms with E-state index in [9.17, 15) is 5.21 Å². The molecule has 0 unspecified atom stereocenters. The molecule has 0 aromatic heterocycles. The Hall–Kier alpha value is -0.760. The highest BCUT2D eigenvalue weighted by atomic mass is 16.5. The first-order valence-electron chi connectivity index (χ1n) is 2.41. The Morgan fingerprint density at radius 1 is 1.75 bits per heavy atom. The molecule has 0 spiro atoms. The smallest absolute Gasteiger partial charge is 0.0180 e. The Morgan fingerprint density at radius 3 is 2.38 bits per heavy atom. The first-order valence-corrected chi connectivity index (χ1v) is 2.41. The third-order valence-electron chi connectivity index (χ3n) is 0.764. The number of likely N-dealkylation sites (N-methyl/N-ethyl adjacent to an activating group) is 1. The highest BCUT2D eigenvalue weighted by Gasteiger charge is 1.78. The molecule has 0 aromatic carbocycles. The lowest BCUT2D eigenvalue weighted by Crippen LogP contribution is -2.04. The molecule has 0 aromatic rings. The zero-order chi connectivity index (χ0) is 6.57. The summed E-state index contributed by atoms with van der Waals surface area (Å²) in [5.41, 5.74) is 0.479. The maximum Gasteiger partial charge on any atom is 0.0180 e. The average molecular weight is 112 g/mol. The van der Waals surface area contributed by atoms with Crippen LogP contribution in [-0.2, 0) is 0 Å². The molecule has 0 fully saturated rings. The molecule has 0 heterocycles. The predicted octanol–water partition coefficient (Wildman–Crippen LogP) is 1.51. The molecule has 0 amide bonds. The van der Waals surface area contributed by atoms with Gasteiger partial charge in [-0.15, -0.1) is 0 Å². The van der Waals surface area contributed by atoms with Gasteiger partial charge in [0.05, 0.1) is 0 Å². The molecule has 0 aliphatic carbocycles. The van der Waals surface area contributed by atoms with E-state index in [0.717, 1.165) is 5.06 Å². The van der Waals surface area contributed by atoms with Gasteiger partial charge in [0.15, 0.2) is 0 Å². The van der Waals surface area contributed by atoms with E-state index in [0.29, 0.717) is 5.70 Å². The molecule has 2 nitrogen and oxygen atoms in total. The van der Waals surface area contributed by atoms with Crippen LogP contribution in [0.5, 0.6) is 0 Å². The first-order chi connectivity index (χ1) is 3.68. The Kier molecular flexibility index (Phi) is 2.96. The van der Waals surface area contributed by atoms with Gasteiger partial charge in [-0.1, -0.05) is 12.7 Å². The van der Waals surface area contributed by atoms with Crippen molar-refractivity contribution in [3.8, 4) is 0 Å². The summed E-state index contributed by atoms with van der Waals surface area (Å²) < 4.78 is 0. The van der Waals surface area contributed by atoms with E-state index in [-0.39, 0.29) is 0 Å². The van der Waals surface area contributed by atoms with Crippen LogP contribution < -0.4 is 0 Å². The van der Waals surface area contributed by atoms with Crippen LogP contribution in [0.15, 0.2) is 24.4 Å². The van der Waals surface area contributed by atoms with Crippen LogP contribution in [0.1, 0.15) is 6.92 Å². The fraction of sp³-hybridized carbons (Fsp3) is 0.333. The van der Waals surface area contributed by atoms with E-state index in [1.807, 2.05) is 6.92 Å². The van der Waals surface area contributed by atoms with E-state index in [2.05, 4.69) is 6.58 Å². The summed E-state index contributed by atoms with van der Waals surface area (Å²) in [7, 11) is 1.42. The van der Waals surface area contributed by atoms with Gasteiger partial charge >= 0.3 is 0 Å². The zero-order valence-electron chi connectivity index (χ0n) is 5.22. The molecule has 0 bridgehead atoms. The monoisotopic (exact) mass is 112 g/mol. The lowest BCUT2D eigenvalue weighted by Gasteiger charge is -2.24. The minimum atomic E-state index is 0.479. The molecule has 46 valence electrons. The second-order valence-corrected chi connectivity index (χ2v) is 1.49. The van der Waals surface area contributed by atoms with Crippen LogP contribution in [-0.4, -0.2) is 12.1 Å². The number of hydroxylamine groups is 2. The quantitative estimate of drug-likeness (QED) is 0.399. The van der Waals surface area contributed by atoms with Gasteiger partial charge < -0.3 is 10.3 Å². The average Bonchev–Trinajstić information content (AvgIpc) is 1.67. The molecule has 0 aliphatic rings. The van der Waals surface area contributed by atoms with Crippen molar-refractivity contribution in [1.29, 1.82) is 0 Å². The van der Waals surface area contributed by atoms with E-state index in [4.69, 9.17) is 0 Å². The van der Waals surface area contributed by atoms with Gasteiger partial charge in [0, 0.05) is 5.70 Å². The van der Waals surface area contributed by atoms with Crippen molar-refractivity contribution in [2.24, 2.45) is 0 Å². The third kappa shape index (κ3) is 2.42. The molecule has 0 aliphatic heterocycles. The van der Waals surface area contributed by atoms with Crippen LogP contribution in [0.4, 0.5) is 0 Å².